The summed E-state index contributed by atoms with van der Waals surface area (Å²) in [7, 11) is 0. The van der Waals surface area contributed by atoms with Gasteiger partial charge in [-0.15, -0.1) is 10.2 Å². The van der Waals surface area contributed by atoms with Gasteiger partial charge in [-0.2, -0.15) is 0 Å². The molecule has 0 aliphatic heterocycles. The zero-order valence-electron chi connectivity index (χ0n) is 18.0. The van der Waals surface area contributed by atoms with Gasteiger partial charge in [0.1, 0.15) is 18.2 Å². The van der Waals surface area contributed by atoms with E-state index < -0.39 is 0 Å². The second kappa shape index (κ2) is 13.1. The van der Waals surface area contributed by atoms with Crippen molar-refractivity contribution in [2.45, 2.75) is 45.3 Å². The summed E-state index contributed by atoms with van der Waals surface area (Å²) in [5, 5.41) is 16.3. The fourth-order valence-electron chi connectivity index (χ4n) is 2.83. The van der Waals surface area contributed by atoms with Crippen LogP contribution in [0.2, 0.25) is 0 Å². The first kappa shape index (κ1) is 23.1. The molecule has 0 spiro atoms. The summed E-state index contributed by atoms with van der Waals surface area (Å²) in [6.07, 6.45) is 3.85. The SMILES string of the molecule is CCNC(=NCCCc1nnc(SC)n1CC(C)C)NCCOc1ccccc1. The van der Waals surface area contributed by atoms with Gasteiger partial charge in [-0.05, 0) is 37.7 Å². The lowest BCUT2D eigenvalue weighted by Gasteiger charge is -2.13. The monoisotopic (exact) mass is 418 g/mol. The van der Waals surface area contributed by atoms with Gasteiger partial charge in [-0.3, -0.25) is 4.99 Å². The van der Waals surface area contributed by atoms with Crippen molar-refractivity contribution in [3.05, 3.63) is 36.2 Å². The summed E-state index contributed by atoms with van der Waals surface area (Å²) in [6, 6.07) is 9.84. The van der Waals surface area contributed by atoms with Crippen molar-refractivity contribution in [2.75, 3.05) is 32.5 Å². The normalized spacial score (nSPS) is 11.7. The van der Waals surface area contributed by atoms with Crippen molar-refractivity contribution in [1.82, 2.24) is 25.4 Å². The largest absolute Gasteiger partial charge is 0.492 e. The standard InChI is InChI=1S/C21H34N6OS/c1-5-22-20(24-14-15-28-18-10-7-6-8-11-18)23-13-9-12-19-25-26-21(29-4)27(19)16-17(2)3/h6-8,10-11,17H,5,9,12-16H2,1-4H3,(H2,22,23,24). The van der Waals surface area contributed by atoms with Gasteiger partial charge in [0.2, 0.25) is 0 Å². The van der Waals surface area contributed by atoms with E-state index in [1.807, 2.05) is 36.6 Å². The second-order valence-corrected chi connectivity index (χ2v) is 7.83. The van der Waals surface area contributed by atoms with E-state index in [-0.39, 0.29) is 0 Å². The number of hydrogen-bond acceptors (Lipinski definition) is 5. The van der Waals surface area contributed by atoms with E-state index in [2.05, 4.69) is 51.2 Å². The van der Waals surface area contributed by atoms with E-state index in [0.29, 0.717) is 19.1 Å². The minimum Gasteiger partial charge on any atom is -0.492 e. The molecule has 0 radical (unpaired) electrons. The predicted molar refractivity (Wildman–Crippen MR) is 121 cm³/mol. The Morgan fingerprint density at radius 2 is 2.00 bits per heavy atom. The molecule has 29 heavy (non-hydrogen) atoms. The molecule has 160 valence electrons. The third-order valence-electron chi connectivity index (χ3n) is 4.10. The van der Waals surface area contributed by atoms with E-state index in [1.165, 1.54) is 0 Å². The molecular formula is C21H34N6OS. The van der Waals surface area contributed by atoms with Crippen LogP contribution in [0.4, 0.5) is 0 Å². The van der Waals surface area contributed by atoms with Gasteiger partial charge in [0.05, 0.1) is 6.54 Å². The first-order valence-electron chi connectivity index (χ1n) is 10.3. The highest BCUT2D eigenvalue weighted by molar-refractivity contribution is 7.98. The molecule has 7 nitrogen and oxygen atoms in total. The molecule has 8 heteroatoms. The average Bonchev–Trinajstić information content (AvgIpc) is 3.10. The summed E-state index contributed by atoms with van der Waals surface area (Å²) in [5.41, 5.74) is 0. The van der Waals surface area contributed by atoms with Crippen molar-refractivity contribution in [1.29, 1.82) is 0 Å². The lowest BCUT2D eigenvalue weighted by molar-refractivity contribution is 0.322. The highest BCUT2D eigenvalue weighted by Gasteiger charge is 2.12. The number of nitrogens with one attached hydrogen (secondary N) is 2. The Hall–Kier alpha value is -2.22. The molecule has 2 aromatic rings. The number of ether oxygens (including phenoxy) is 1. The van der Waals surface area contributed by atoms with Crippen LogP contribution in [-0.4, -0.2) is 53.2 Å². The Labute approximate surface area is 178 Å². The van der Waals surface area contributed by atoms with E-state index in [1.54, 1.807) is 11.8 Å². The molecule has 1 aromatic carbocycles. The Morgan fingerprint density at radius 1 is 1.21 bits per heavy atom. The number of aryl methyl sites for hydroxylation is 1. The number of aromatic nitrogens is 3. The molecule has 2 rings (SSSR count). The third-order valence-corrected chi connectivity index (χ3v) is 4.77. The summed E-state index contributed by atoms with van der Waals surface area (Å²) in [5.74, 6) is 3.31. The zero-order chi connectivity index (χ0) is 20.9. The minimum atomic E-state index is 0.566. The summed E-state index contributed by atoms with van der Waals surface area (Å²) < 4.78 is 7.95. The van der Waals surface area contributed by atoms with Gasteiger partial charge < -0.3 is 19.9 Å². The van der Waals surface area contributed by atoms with Crippen LogP contribution < -0.4 is 15.4 Å². The quantitative estimate of drug-likeness (QED) is 0.239. The molecule has 0 unspecified atom stereocenters. The molecule has 0 aliphatic carbocycles. The summed E-state index contributed by atoms with van der Waals surface area (Å²) in [6.45, 7) is 10.3. The lowest BCUT2D eigenvalue weighted by Crippen LogP contribution is -2.39. The summed E-state index contributed by atoms with van der Waals surface area (Å²) >= 11 is 1.65. The van der Waals surface area contributed by atoms with Crippen molar-refractivity contribution < 1.29 is 4.74 Å². The molecule has 0 saturated heterocycles. The Bertz CT molecular complexity index is 732. The Morgan fingerprint density at radius 3 is 2.69 bits per heavy atom. The molecule has 0 fully saturated rings. The molecule has 2 N–H and O–H groups in total. The highest BCUT2D eigenvalue weighted by atomic mass is 32.2. The van der Waals surface area contributed by atoms with Crippen molar-refractivity contribution >= 4 is 17.7 Å². The van der Waals surface area contributed by atoms with Gasteiger partial charge in [0.15, 0.2) is 11.1 Å². The van der Waals surface area contributed by atoms with E-state index in [0.717, 1.165) is 55.2 Å². The van der Waals surface area contributed by atoms with Crippen LogP contribution in [0, 0.1) is 5.92 Å². The zero-order valence-corrected chi connectivity index (χ0v) is 18.8. The molecular weight excluding hydrogens is 384 g/mol. The average molecular weight is 419 g/mol. The maximum atomic E-state index is 5.71. The number of benzene rings is 1. The second-order valence-electron chi connectivity index (χ2n) is 7.06. The highest BCUT2D eigenvalue weighted by Crippen LogP contribution is 2.16. The van der Waals surface area contributed by atoms with E-state index in [9.17, 15) is 0 Å². The fourth-order valence-corrected chi connectivity index (χ4v) is 3.35. The number of nitrogens with zero attached hydrogens (tertiary/aromatic N) is 4. The van der Waals surface area contributed by atoms with Crippen LogP contribution in [0.25, 0.3) is 0 Å². The number of aliphatic imine (C=N–C) groups is 1. The molecule has 0 bridgehead atoms. The van der Waals surface area contributed by atoms with Gasteiger partial charge in [0, 0.05) is 26.1 Å². The maximum absolute atomic E-state index is 5.71. The molecule has 0 atom stereocenters. The third kappa shape index (κ3) is 8.35. The lowest BCUT2D eigenvalue weighted by atomic mass is 10.2. The molecule has 1 heterocycles. The van der Waals surface area contributed by atoms with Gasteiger partial charge in [-0.25, -0.2) is 0 Å². The number of thioether (sulfide) groups is 1. The number of guanidine groups is 1. The maximum Gasteiger partial charge on any atom is 0.191 e. The molecule has 0 aliphatic rings. The van der Waals surface area contributed by atoms with Crippen LogP contribution in [-0.2, 0) is 13.0 Å². The van der Waals surface area contributed by atoms with E-state index in [4.69, 9.17) is 4.74 Å². The van der Waals surface area contributed by atoms with Gasteiger partial charge in [-0.1, -0.05) is 43.8 Å². The smallest absolute Gasteiger partial charge is 0.191 e. The molecule has 1 aromatic heterocycles. The first-order chi connectivity index (χ1) is 14.1. The molecule has 0 amide bonds. The first-order valence-corrected chi connectivity index (χ1v) is 11.5. The fraction of sp³-hybridized carbons (Fsp3) is 0.571. The topological polar surface area (TPSA) is 76.4 Å². The van der Waals surface area contributed by atoms with Crippen LogP contribution in [0.1, 0.15) is 33.0 Å². The number of hydrogen-bond donors (Lipinski definition) is 2. The number of rotatable bonds is 12. The van der Waals surface area contributed by atoms with Crippen LogP contribution in [0.5, 0.6) is 5.75 Å². The Balaban J connectivity index is 1.77. The van der Waals surface area contributed by atoms with Crippen molar-refractivity contribution in [2.24, 2.45) is 10.9 Å². The van der Waals surface area contributed by atoms with Crippen molar-refractivity contribution in [3.63, 3.8) is 0 Å². The Kier molecular flexibility index (Phi) is 10.4. The molecule has 0 saturated carbocycles. The van der Waals surface area contributed by atoms with Gasteiger partial charge in [0.25, 0.3) is 0 Å². The van der Waals surface area contributed by atoms with Crippen LogP contribution in [0.15, 0.2) is 40.5 Å². The van der Waals surface area contributed by atoms with Crippen LogP contribution in [0.3, 0.4) is 0 Å². The van der Waals surface area contributed by atoms with Gasteiger partial charge >= 0.3 is 0 Å². The predicted octanol–water partition coefficient (Wildman–Crippen LogP) is 3.22. The minimum absolute atomic E-state index is 0.566. The van der Waals surface area contributed by atoms with Crippen molar-refractivity contribution in [3.8, 4) is 5.75 Å². The number of para-hydroxylation sites is 1. The van der Waals surface area contributed by atoms with Crippen LogP contribution >= 0.6 is 11.8 Å². The van der Waals surface area contributed by atoms with E-state index >= 15 is 0 Å². The summed E-state index contributed by atoms with van der Waals surface area (Å²) in [4.78, 5) is 4.67.